The number of carbonyl (C=O) groups is 2. The van der Waals surface area contributed by atoms with E-state index in [-0.39, 0.29) is 25.4 Å². The van der Waals surface area contributed by atoms with Gasteiger partial charge in [0, 0.05) is 12.7 Å². The van der Waals surface area contributed by atoms with E-state index < -0.39 is 17.2 Å². The van der Waals surface area contributed by atoms with Crippen LogP contribution in [0.15, 0.2) is 30.3 Å². The van der Waals surface area contributed by atoms with Gasteiger partial charge in [0.1, 0.15) is 6.61 Å². The minimum Gasteiger partial charge on any atom is -0.459 e. The van der Waals surface area contributed by atoms with E-state index in [1.807, 2.05) is 6.92 Å². The maximum Gasteiger partial charge on any atom is 0.379 e. The van der Waals surface area contributed by atoms with E-state index in [1.165, 1.54) is 7.11 Å². The number of aliphatic hydroxyl groups excluding tert-OH is 1. The summed E-state index contributed by atoms with van der Waals surface area (Å²) in [6, 6.07) is 8.22. The summed E-state index contributed by atoms with van der Waals surface area (Å²) < 4.78 is 10.1. The van der Waals surface area contributed by atoms with Gasteiger partial charge >= 0.3 is 5.97 Å². The Labute approximate surface area is 118 Å². The zero-order valence-corrected chi connectivity index (χ0v) is 11.8. The summed E-state index contributed by atoms with van der Waals surface area (Å²) in [5, 5.41) is 9.42. The van der Waals surface area contributed by atoms with Crippen LogP contribution in [0.3, 0.4) is 0 Å². The minimum absolute atomic E-state index is 0.0504. The molecule has 1 unspecified atom stereocenters. The zero-order chi connectivity index (χ0) is 15.0. The normalized spacial score (nSPS) is 13.6. The Morgan fingerprint density at radius 3 is 2.35 bits per heavy atom. The Morgan fingerprint density at radius 1 is 1.20 bits per heavy atom. The highest BCUT2D eigenvalue weighted by Crippen LogP contribution is 2.22. The molecule has 1 aromatic rings. The Kier molecular flexibility index (Phi) is 6.35. The van der Waals surface area contributed by atoms with Crippen LogP contribution < -0.4 is 0 Å². The average Bonchev–Trinajstić information content (AvgIpc) is 2.51. The van der Waals surface area contributed by atoms with Crippen molar-refractivity contribution in [2.75, 3.05) is 26.9 Å². The first-order valence-electron chi connectivity index (χ1n) is 6.45. The summed E-state index contributed by atoms with van der Waals surface area (Å²) in [7, 11) is 1.51. The molecule has 1 aromatic carbocycles. The highest BCUT2D eigenvalue weighted by Gasteiger charge is 2.31. The van der Waals surface area contributed by atoms with Crippen LogP contribution in [-0.2, 0) is 14.3 Å². The Balaban J connectivity index is 2.64. The molecule has 0 aliphatic heterocycles. The molecule has 0 amide bonds. The number of ether oxygens (including phenoxy) is 2. The summed E-state index contributed by atoms with van der Waals surface area (Å²) in [6.45, 7) is 1.89. The molecule has 1 atom stereocenters. The molecule has 1 N–H and O–H groups in total. The molecule has 5 heteroatoms. The van der Waals surface area contributed by atoms with Crippen molar-refractivity contribution in [1.82, 2.24) is 0 Å². The van der Waals surface area contributed by atoms with E-state index in [0.717, 1.165) is 0 Å². The van der Waals surface area contributed by atoms with E-state index in [4.69, 9.17) is 9.47 Å². The zero-order valence-electron chi connectivity index (χ0n) is 11.8. The van der Waals surface area contributed by atoms with Crippen LogP contribution in [0.25, 0.3) is 0 Å². The van der Waals surface area contributed by atoms with E-state index >= 15 is 0 Å². The fraction of sp³-hybridized carbons (Fsp3) is 0.467. The molecule has 0 spiro atoms. The SMILES string of the molecule is CCC(CO)(COC)COC(=O)C(=O)c1ccccc1. The van der Waals surface area contributed by atoms with Crippen molar-refractivity contribution in [3.05, 3.63) is 35.9 Å². The lowest BCUT2D eigenvalue weighted by Gasteiger charge is -2.28. The van der Waals surface area contributed by atoms with Gasteiger partial charge in [0.15, 0.2) is 0 Å². The number of rotatable bonds is 8. The Morgan fingerprint density at radius 2 is 1.85 bits per heavy atom. The van der Waals surface area contributed by atoms with Gasteiger partial charge in [-0.15, -0.1) is 0 Å². The third-order valence-corrected chi connectivity index (χ3v) is 3.27. The van der Waals surface area contributed by atoms with E-state index in [0.29, 0.717) is 6.42 Å². The van der Waals surface area contributed by atoms with Gasteiger partial charge in [0.25, 0.3) is 5.78 Å². The number of Topliss-reactive ketones (excluding diaryl/α,β-unsaturated/α-hetero) is 1. The van der Waals surface area contributed by atoms with E-state index in [9.17, 15) is 14.7 Å². The molecule has 0 aliphatic rings. The fourth-order valence-corrected chi connectivity index (χ4v) is 1.75. The molecule has 20 heavy (non-hydrogen) atoms. The van der Waals surface area contributed by atoms with Gasteiger partial charge in [0.2, 0.25) is 0 Å². The predicted octanol–water partition coefficient (Wildman–Crippen LogP) is 1.45. The van der Waals surface area contributed by atoms with Crippen molar-refractivity contribution in [3.63, 3.8) is 0 Å². The van der Waals surface area contributed by atoms with Crippen LogP contribution in [0.4, 0.5) is 0 Å². The standard InChI is InChI=1S/C15H20O5/c1-3-15(9-16,10-19-2)11-20-14(18)13(17)12-7-5-4-6-8-12/h4-8,16H,3,9-11H2,1-2H3. The van der Waals surface area contributed by atoms with E-state index in [1.54, 1.807) is 30.3 Å². The number of carbonyl (C=O) groups excluding carboxylic acids is 2. The number of benzene rings is 1. The Hall–Kier alpha value is -1.72. The molecule has 1 rings (SSSR count). The van der Waals surface area contributed by atoms with Gasteiger partial charge in [-0.3, -0.25) is 4.79 Å². The monoisotopic (exact) mass is 280 g/mol. The molecule has 110 valence electrons. The fourth-order valence-electron chi connectivity index (χ4n) is 1.75. The summed E-state index contributed by atoms with van der Waals surface area (Å²) in [5.41, 5.74) is -0.378. The second-order valence-electron chi connectivity index (χ2n) is 4.72. The lowest BCUT2D eigenvalue weighted by Crippen LogP contribution is -2.37. The lowest BCUT2D eigenvalue weighted by atomic mass is 9.88. The van der Waals surface area contributed by atoms with E-state index in [2.05, 4.69) is 0 Å². The summed E-state index contributed by atoms with van der Waals surface area (Å²) in [5.74, 6) is -1.61. The quantitative estimate of drug-likeness (QED) is 0.443. The van der Waals surface area contributed by atoms with Crippen molar-refractivity contribution < 1.29 is 24.2 Å². The van der Waals surface area contributed by atoms with Gasteiger partial charge in [-0.05, 0) is 6.42 Å². The number of methoxy groups -OCH3 is 1. The highest BCUT2D eigenvalue weighted by molar-refractivity contribution is 6.40. The molecule has 0 heterocycles. The third kappa shape index (κ3) is 4.15. The summed E-state index contributed by atoms with van der Waals surface area (Å²) in [4.78, 5) is 23.6. The first-order chi connectivity index (χ1) is 9.58. The van der Waals surface area contributed by atoms with Crippen LogP contribution in [0.5, 0.6) is 0 Å². The molecule has 0 aromatic heterocycles. The number of hydrogen-bond donors (Lipinski definition) is 1. The van der Waals surface area contributed by atoms with Crippen LogP contribution in [-0.4, -0.2) is 43.8 Å². The molecular formula is C15H20O5. The summed E-state index contributed by atoms with van der Waals surface area (Å²) in [6.07, 6.45) is 0.574. The van der Waals surface area contributed by atoms with Crippen molar-refractivity contribution in [1.29, 1.82) is 0 Å². The largest absolute Gasteiger partial charge is 0.459 e. The lowest BCUT2D eigenvalue weighted by molar-refractivity contribution is -0.144. The molecule has 0 radical (unpaired) electrons. The molecule has 0 saturated heterocycles. The van der Waals surface area contributed by atoms with Crippen molar-refractivity contribution in [3.8, 4) is 0 Å². The molecule has 0 bridgehead atoms. The first kappa shape index (κ1) is 16.3. The average molecular weight is 280 g/mol. The maximum atomic E-state index is 11.8. The number of ketones is 1. The second kappa shape index (κ2) is 7.77. The highest BCUT2D eigenvalue weighted by atomic mass is 16.5. The molecule has 0 fully saturated rings. The van der Waals surface area contributed by atoms with Crippen LogP contribution >= 0.6 is 0 Å². The van der Waals surface area contributed by atoms with Gasteiger partial charge < -0.3 is 14.6 Å². The topological polar surface area (TPSA) is 72.8 Å². The molecular weight excluding hydrogens is 260 g/mol. The molecule has 0 aliphatic carbocycles. The van der Waals surface area contributed by atoms with Gasteiger partial charge in [-0.1, -0.05) is 37.3 Å². The minimum atomic E-state index is -0.918. The number of esters is 1. The first-order valence-corrected chi connectivity index (χ1v) is 6.45. The van der Waals surface area contributed by atoms with Gasteiger partial charge in [-0.25, -0.2) is 4.79 Å². The summed E-state index contributed by atoms with van der Waals surface area (Å²) >= 11 is 0. The number of hydrogen-bond acceptors (Lipinski definition) is 5. The van der Waals surface area contributed by atoms with Crippen molar-refractivity contribution >= 4 is 11.8 Å². The molecule has 5 nitrogen and oxygen atoms in total. The predicted molar refractivity (Wildman–Crippen MR) is 73.4 cm³/mol. The third-order valence-electron chi connectivity index (χ3n) is 3.27. The van der Waals surface area contributed by atoms with Crippen LogP contribution in [0, 0.1) is 5.41 Å². The van der Waals surface area contributed by atoms with Crippen LogP contribution in [0.2, 0.25) is 0 Å². The maximum absolute atomic E-state index is 11.8. The molecule has 0 saturated carbocycles. The van der Waals surface area contributed by atoms with Gasteiger partial charge in [0.05, 0.1) is 18.6 Å². The van der Waals surface area contributed by atoms with Crippen LogP contribution in [0.1, 0.15) is 23.7 Å². The number of aliphatic hydroxyl groups is 1. The Bertz CT molecular complexity index is 437. The van der Waals surface area contributed by atoms with Crippen molar-refractivity contribution in [2.45, 2.75) is 13.3 Å². The second-order valence-corrected chi connectivity index (χ2v) is 4.72. The van der Waals surface area contributed by atoms with Gasteiger partial charge in [-0.2, -0.15) is 0 Å². The smallest absolute Gasteiger partial charge is 0.379 e. The van der Waals surface area contributed by atoms with Crippen molar-refractivity contribution in [2.24, 2.45) is 5.41 Å².